The summed E-state index contributed by atoms with van der Waals surface area (Å²) < 4.78 is 37.4. The van der Waals surface area contributed by atoms with Crippen molar-refractivity contribution in [3.05, 3.63) is 59.8 Å². The second kappa shape index (κ2) is 11.3. The first kappa shape index (κ1) is 26.2. The van der Waals surface area contributed by atoms with Gasteiger partial charge in [0.05, 0.1) is 11.2 Å². The molecule has 1 amide bonds. The van der Waals surface area contributed by atoms with Crippen LogP contribution in [0.15, 0.2) is 42.6 Å². The normalized spacial score (nSPS) is 14.7. The second-order valence-corrected chi connectivity index (χ2v) is 9.44. The maximum Gasteiger partial charge on any atom is 0.293 e. The molecule has 0 atom stereocenters. The Morgan fingerprint density at radius 1 is 1.11 bits per heavy atom. The molecule has 35 heavy (non-hydrogen) atoms. The van der Waals surface area contributed by atoms with Crippen LogP contribution in [0.2, 0.25) is 0 Å². The fraction of sp³-hybridized carbons (Fsp3) is 0.385. The molecule has 0 spiro atoms. The number of carbonyl (C=O) groups excluding carboxylic acids is 2. The highest BCUT2D eigenvalue weighted by Gasteiger charge is 2.18. The van der Waals surface area contributed by atoms with Crippen molar-refractivity contribution < 1.29 is 27.8 Å². The number of aromatic nitrogens is 1. The van der Waals surface area contributed by atoms with Crippen molar-refractivity contribution in [2.45, 2.75) is 45.3 Å². The number of H-pyrrole nitrogens is 1. The average Bonchev–Trinajstić information content (AvgIpc) is 3.17. The number of nitrogens with zero attached hydrogens (tertiary/aromatic N) is 1. The Hall–Kier alpha value is -3.46. The summed E-state index contributed by atoms with van der Waals surface area (Å²) >= 11 is 0. The van der Waals surface area contributed by atoms with Gasteiger partial charge >= 0.3 is 0 Å². The molecule has 2 N–H and O–H groups in total. The molecule has 2 aromatic carbocycles. The zero-order valence-corrected chi connectivity index (χ0v) is 20.4. The number of hydrogen-bond donors (Lipinski definition) is 2. The van der Waals surface area contributed by atoms with Crippen LogP contribution in [0, 0.1) is 11.6 Å². The molecule has 0 unspecified atom stereocenters. The molecule has 3 aromatic rings. The van der Waals surface area contributed by atoms with Gasteiger partial charge in [0, 0.05) is 36.3 Å². The summed E-state index contributed by atoms with van der Waals surface area (Å²) in [5.41, 5.74) is 0.941. The highest BCUT2D eigenvalue weighted by atomic mass is 19.2. The largest absolute Gasteiger partial charge is 0.490 e. The van der Waals surface area contributed by atoms with Crippen molar-refractivity contribution in [1.82, 2.24) is 9.88 Å². The number of aromatic amines is 1. The zero-order valence-electron chi connectivity index (χ0n) is 20.4. The summed E-state index contributed by atoms with van der Waals surface area (Å²) in [6.45, 7) is 7.95. The average molecular weight is 488 g/mol. The van der Waals surface area contributed by atoms with E-state index >= 15 is 0 Å². The molecule has 4 rings (SSSR count). The van der Waals surface area contributed by atoms with Gasteiger partial charge < -0.3 is 24.7 Å². The number of amides is 1. The van der Waals surface area contributed by atoms with Gasteiger partial charge in [-0.2, -0.15) is 0 Å². The highest BCUT2D eigenvalue weighted by molar-refractivity contribution is 6.09. The Balaban J connectivity index is 0.000000429. The minimum absolute atomic E-state index is 0.192. The molecule has 9 heteroatoms. The van der Waals surface area contributed by atoms with Gasteiger partial charge in [0.1, 0.15) is 17.5 Å². The minimum Gasteiger partial charge on any atom is -0.490 e. The summed E-state index contributed by atoms with van der Waals surface area (Å²) in [5, 5.41) is 3.14. The van der Waals surface area contributed by atoms with Gasteiger partial charge in [0.2, 0.25) is 0 Å². The Bertz CT molecular complexity index is 1150. The lowest BCUT2D eigenvalue weighted by Crippen LogP contribution is -2.35. The van der Waals surface area contributed by atoms with Crippen LogP contribution in [0.25, 0.3) is 10.9 Å². The molecule has 188 valence electrons. The summed E-state index contributed by atoms with van der Waals surface area (Å²) in [6, 6.07) is 9.06. The van der Waals surface area contributed by atoms with Crippen molar-refractivity contribution in [3.8, 4) is 5.75 Å². The summed E-state index contributed by atoms with van der Waals surface area (Å²) in [6.07, 6.45) is 3.67. The number of anilines is 1. The number of fused-ring (bicyclic) bond motifs is 1. The highest BCUT2D eigenvalue weighted by Crippen LogP contribution is 2.26. The van der Waals surface area contributed by atoms with E-state index in [4.69, 9.17) is 4.74 Å². The summed E-state index contributed by atoms with van der Waals surface area (Å²) in [7, 11) is 2.10. The van der Waals surface area contributed by atoms with Gasteiger partial charge in [0.15, 0.2) is 11.6 Å². The monoisotopic (exact) mass is 487 g/mol. The van der Waals surface area contributed by atoms with Crippen LogP contribution >= 0.6 is 0 Å². The van der Waals surface area contributed by atoms with E-state index in [0.717, 1.165) is 43.8 Å². The molecule has 1 aliphatic heterocycles. The first-order chi connectivity index (χ1) is 16.6. The van der Waals surface area contributed by atoms with Gasteiger partial charge in [-0.05, 0) is 71.0 Å². The van der Waals surface area contributed by atoms with Gasteiger partial charge in [-0.15, -0.1) is 0 Å². The zero-order chi connectivity index (χ0) is 25.6. The Kier molecular flexibility index (Phi) is 8.45. The van der Waals surface area contributed by atoms with E-state index in [1.165, 1.54) is 6.20 Å². The lowest BCUT2D eigenvalue weighted by Gasteiger charge is -2.29. The molecule has 0 radical (unpaired) electrons. The third-order valence-corrected chi connectivity index (χ3v) is 5.46. The first-order valence-electron chi connectivity index (χ1n) is 11.4. The molecule has 1 fully saturated rings. The Morgan fingerprint density at radius 2 is 1.74 bits per heavy atom. The van der Waals surface area contributed by atoms with Crippen molar-refractivity contribution in [1.29, 1.82) is 0 Å². The third-order valence-electron chi connectivity index (χ3n) is 5.46. The van der Waals surface area contributed by atoms with Crippen molar-refractivity contribution in [3.63, 3.8) is 0 Å². The number of rotatable bonds is 5. The van der Waals surface area contributed by atoms with Crippen molar-refractivity contribution in [2.75, 3.05) is 25.5 Å². The smallest absolute Gasteiger partial charge is 0.293 e. The van der Waals surface area contributed by atoms with Crippen LogP contribution in [0.1, 0.15) is 44.0 Å². The number of benzene rings is 2. The van der Waals surface area contributed by atoms with Crippen LogP contribution < -0.4 is 10.1 Å². The van der Waals surface area contributed by atoms with Crippen LogP contribution in [-0.4, -0.2) is 54.1 Å². The van der Waals surface area contributed by atoms with E-state index in [0.29, 0.717) is 28.6 Å². The standard InChI is InChI=1S/C21H21F2N3O2.C5H10O2/c1-26-8-6-15(7-9-26)28-14-4-2-13(3-5-14)21(27)25-20-12-24-19-11-18(23)17(22)10-16(19)20;1-5(2,3)7-4-6/h2-5,10-12,15,24H,6-9H2,1H3,(H,25,27);4H,1-3H3. The SMILES string of the molecule is CC(C)(C)OC=O.CN1CCC(Oc2ccc(C(=O)Nc3c[nH]c4cc(F)c(F)cc34)cc2)CC1. The minimum atomic E-state index is -0.960. The molecule has 7 nitrogen and oxygen atoms in total. The molecular formula is C26H31F2N3O4. The quantitative estimate of drug-likeness (QED) is 0.488. The topological polar surface area (TPSA) is 83.7 Å². The van der Waals surface area contributed by atoms with E-state index in [-0.39, 0.29) is 17.6 Å². The predicted molar refractivity (Wildman–Crippen MR) is 131 cm³/mol. The molecule has 2 heterocycles. The fourth-order valence-corrected chi connectivity index (χ4v) is 3.54. The van der Waals surface area contributed by atoms with Crippen LogP contribution in [0.5, 0.6) is 5.75 Å². The number of ether oxygens (including phenoxy) is 2. The van der Waals surface area contributed by atoms with Gasteiger partial charge in [-0.1, -0.05) is 0 Å². The molecule has 0 bridgehead atoms. The number of halogens is 2. The summed E-state index contributed by atoms with van der Waals surface area (Å²) in [4.78, 5) is 27.2. The number of hydrogen-bond acceptors (Lipinski definition) is 5. The Morgan fingerprint density at radius 3 is 2.31 bits per heavy atom. The van der Waals surface area contributed by atoms with Gasteiger partial charge in [0.25, 0.3) is 12.4 Å². The molecule has 1 saturated heterocycles. The van der Waals surface area contributed by atoms with E-state index in [9.17, 15) is 18.4 Å². The fourth-order valence-electron chi connectivity index (χ4n) is 3.54. The first-order valence-corrected chi connectivity index (χ1v) is 11.4. The van der Waals surface area contributed by atoms with Crippen molar-refractivity contribution in [2.24, 2.45) is 0 Å². The van der Waals surface area contributed by atoms with Crippen LogP contribution in [0.4, 0.5) is 14.5 Å². The van der Waals surface area contributed by atoms with E-state index < -0.39 is 11.6 Å². The lowest BCUT2D eigenvalue weighted by atomic mass is 10.1. The molecule has 1 aromatic heterocycles. The maximum atomic E-state index is 13.5. The molecule has 0 saturated carbocycles. The maximum absolute atomic E-state index is 13.5. The molecule has 0 aliphatic carbocycles. The van der Waals surface area contributed by atoms with Crippen molar-refractivity contribution >= 4 is 29.0 Å². The Labute approximate surface area is 203 Å². The number of carbonyl (C=O) groups is 2. The van der Waals surface area contributed by atoms with E-state index in [1.54, 1.807) is 24.3 Å². The van der Waals surface area contributed by atoms with Gasteiger partial charge in [-0.25, -0.2) is 8.78 Å². The van der Waals surface area contributed by atoms with E-state index in [1.807, 2.05) is 20.8 Å². The molecule has 1 aliphatic rings. The number of piperidine rings is 1. The third kappa shape index (κ3) is 7.51. The molecular weight excluding hydrogens is 456 g/mol. The second-order valence-electron chi connectivity index (χ2n) is 9.44. The number of likely N-dealkylation sites (tertiary alicyclic amines) is 1. The number of nitrogens with one attached hydrogen (secondary N) is 2. The summed E-state index contributed by atoms with van der Waals surface area (Å²) in [5.74, 6) is -1.50. The lowest BCUT2D eigenvalue weighted by molar-refractivity contribution is -0.138. The van der Waals surface area contributed by atoms with Crippen LogP contribution in [-0.2, 0) is 9.53 Å². The van der Waals surface area contributed by atoms with Crippen LogP contribution in [0.3, 0.4) is 0 Å². The van der Waals surface area contributed by atoms with E-state index in [2.05, 4.69) is 27.0 Å². The predicted octanol–water partition coefficient (Wildman–Crippen LogP) is 5.13. The van der Waals surface area contributed by atoms with Gasteiger partial charge in [-0.3, -0.25) is 9.59 Å².